The number of H-pyrrole nitrogens is 1. The van der Waals surface area contributed by atoms with Gasteiger partial charge in [-0.2, -0.15) is 5.10 Å². The Morgan fingerprint density at radius 3 is 2.68 bits per heavy atom. The van der Waals surface area contributed by atoms with Crippen LogP contribution in [0.5, 0.6) is 0 Å². The summed E-state index contributed by atoms with van der Waals surface area (Å²) in [5, 5.41) is 4.39. The molecule has 7 nitrogen and oxygen atoms in total. The number of aromatic nitrogens is 4. The normalized spacial score (nSPS) is 13.6. The van der Waals surface area contributed by atoms with E-state index in [0.29, 0.717) is 30.3 Å². The molecule has 0 atom stereocenters. The fraction of sp³-hybridized carbons (Fsp3) is 0.333. The minimum absolute atomic E-state index is 0.0318. The highest BCUT2D eigenvalue weighted by atomic mass is 16.2. The van der Waals surface area contributed by atoms with Crippen molar-refractivity contribution in [2.45, 2.75) is 39.7 Å². The van der Waals surface area contributed by atoms with E-state index in [1.54, 1.807) is 17.8 Å². The number of fused-ring (bicyclic) bond motifs is 1. The molecule has 0 unspecified atom stereocenters. The van der Waals surface area contributed by atoms with Crippen molar-refractivity contribution in [1.82, 2.24) is 24.6 Å². The van der Waals surface area contributed by atoms with Crippen molar-refractivity contribution in [2.75, 3.05) is 6.54 Å². The summed E-state index contributed by atoms with van der Waals surface area (Å²) in [7, 11) is 0. The molecule has 0 aliphatic carbocycles. The molecule has 1 aliphatic heterocycles. The van der Waals surface area contributed by atoms with E-state index < -0.39 is 0 Å². The molecule has 1 N–H and O–H groups in total. The van der Waals surface area contributed by atoms with Crippen LogP contribution < -0.4 is 5.56 Å². The van der Waals surface area contributed by atoms with Crippen molar-refractivity contribution in [3.05, 3.63) is 75.0 Å². The second kappa shape index (κ2) is 7.07. The Balaban J connectivity index is 1.72. The predicted molar refractivity (Wildman–Crippen MR) is 106 cm³/mol. The number of nitrogens with zero attached hydrogens (tertiary/aromatic N) is 4. The lowest BCUT2D eigenvalue weighted by Gasteiger charge is -2.29. The van der Waals surface area contributed by atoms with E-state index in [1.165, 1.54) is 17.2 Å². The molecule has 1 aromatic carbocycles. The second-order valence-electron chi connectivity index (χ2n) is 7.47. The van der Waals surface area contributed by atoms with Gasteiger partial charge in [0.1, 0.15) is 0 Å². The van der Waals surface area contributed by atoms with Crippen molar-refractivity contribution in [3.63, 3.8) is 0 Å². The molecule has 0 bridgehead atoms. The maximum atomic E-state index is 13.3. The molecular formula is C21H23N5O2. The van der Waals surface area contributed by atoms with Crippen LogP contribution >= 0.6 is 0 Å². The second-order valence-corrected chi connectivity index (χ2v) is 7.47. The maximum Gasteiger partial charge on any atom is 0.257 e. The molecule has 3 aromatic rings. The third kappa shape index (κ3) is 3.24. The molecule has 2 aromatic heterocycles. The molecule has 1 amide bonds. The first-order chi connectivity index (χ1) is 13.4. The number of carbonyl (C=O) groups is 1. The minimum Gasteiger partial charge on any atom is -0.334 e. The van der Waals surface area contributed by atoms with Crippen LogP contribution in [0.3, 0.4) is 0 Å². The van der Waals surface area contributed by atoms with Crippen LogP contribution in [-0.4, -0.2) is 37.1 Å². The number of amides is 1. The predicted octanol–water partition coefficient (Wildman–Crippen LogP) is 2.59. The summed E-state index contributed by atoms with van der Waals surface area (Å²) in [6.07, 6.45) is 2.43. The Hall–Kier alpha value is -3.22. The lowest BCUT2D eigenvalue weighted by molar-refractivity contribution is 0.0733. The molecular weight excluding hydrogens is 354 g/mol. The number of nitrogens with one attached hydrogen (secondary N) is 1. The number of hydrogen-bond donors (Lipinski definition) is 1. The van der Waals surface area contributed by atoms with E-state index in [4.69, 9.17) is 0 Å². The summed E-state index contributed by atoms with van der Waals surface area (Å²) in [6, 6.07) is 9.66. The highest BCUT2D eigenvalue weighted by Gasteiger charge is 2.27. The fourth-order valence-corrected chi connectivity index (χ4v) is 3.75. The van der Waals surface area contributed by atoms with Crippen LogP contribution in [-0.2, 0) is 13.0 Å². The van der Waals surface area contributed by atoms with E-state index in [9.17, 15) is 9.59 Å². The van der Waals surface area contributed by atoms with Gasteiger partial charge in [-0.3, -0.25) is 14.6 Å². The molecule has 0 radical (unpaired) electrons. The van der Waals surface area contributed by atoms with Gasteiger partial charge in [0.15, 0.2) is 0 Å². The summed E-state index contributed by atoms with van der Waals surface area (Å²) in [6.45, 7) is 7.04. The summed E-state index contributed by atoms with van der Waals surface area (Å²) in [4.78, 5) is 34.1. The maximum absolute atomic E-state index is 13.3. The van der Waals surface area contributed by atoms with Gasteiger partial charge < -0.3 is 4.90 Å². The SMILES string of the molecule is Cc1cc(=O)[nH]c(-n2ncc(C(=O)N3CCc4ccccc4C3)c2C(C)C)n1. The van der Waals surface area contributed by atoms with E-state index in [0.717, 1.165) is 12.1 Å². The smallest absolute Gasteiger partial charge is 0.257 e. The van der Waals surface area contributed by atoms with Gasteiger partial charge in [-0.15, -0.1) is 0 Å². The molecule has 144 valence electrons. The quantitative estimate of drug-likeness (QED) is 0.760. The highest BCUT2D eigenvalue weighted by Crippen LogP contribution is 2.25. The summed E-state index contributed by atoms with van der Waals surface area (Å²) < 4.78 is 1.57. The average Bonchev–Trinajstić information content (AvgIpc) is 3.11. The van der Waals surface area contributed by atoms with Crippen LogP contribution in [0.2, 0.25) is 0 Å². The van der Waals surface area contributed by atoms with Crippen molar-refractivity contribution >= 4 is 5.91 Å². The van der Waals surface area contributed by atoms with Gasteiger partial charge in [-0.25, -0.2) is 9.67 Å². The Labute approximate surface area is 163 Å². The standard InChI is InChI=1S/C21H23N5O2/c1-13(2)19-17(11-22-26(19)21-23-14(3)10-18(27)24-21)20(28)25-9-8-15-6-4-5-7-16(15)12-25/h4-7,10-11,13H,8-9,12H2,1-3H3,(H,23,24,27). The van der Waals surface area contributed by atoms with Gasteiger partial charge in [0, 0.05) is 24.8 Å². The van der Waals surface area contributed by atoms with Crippen LogP contribution in [0.25, 0.3) is 5.95 Å². The number of rotatable bonds is 3. The van der Waals surface area contributed by atoms with Crippen LogP contribution in [0.15, 0.2) is 41.3 Å². The number of aryl methyl sites for hydroxylation is 1. The van der Waals surface area contributed by atoms with Gasteiger partial charge in [-0.05, 0) is 30.4 Å². The van der Waals surface area contributed by atoms with Crippen molar-refractivity contribution in [3.8, 4) is 5.95 Å². The first-order valence-electron chi connectivity index (χ1n) is 9.46. The molecule has 28 heavy (non-hydrogen) atoms. The monoisotopic (exact) mass is 377 g/mol. The van der Waals surface area contributed by atoms with E-state index in [1.807, 2.05) is 30.9 Å². The van der Waals surface area contributed by atoms with Gasteiger partial charge in [0.2, 0.25) is 5.95 Å². The number of hydrogen-bond acceptors (Lipinski definition) is 4. The van der Waals surface area contributed by atoms with Crippen molar-refractivity contribution in [1.29, 1.82) is 0 Å². The third-order valence-corrected chi connectivity index (χ3v) is 5.06. The van der Waals surface area contributed by atoms with Crippen LogP contribution in [0.4, 0.5) is 0 Å². The van der Waals surface area contributed by atoms with Crippen molar-refractivity contribution < 1.29 is 4.79 Å². The summed E-state index contributed by atoms with van der Waals surface area (Å²) in [5.41, 5.74) is 4.15. The number of aromatic amines is 1. The molecule has 0 fully saturated rings. The van der Waals surface area contributed by atoms with E-state index in [2.05, 4.69) is 27.2 Å². The molecule has 7 heteroatoms. The lowest BCUT2D eigenvalue weighted by Crippen LogP contribution is -2.36. The van der Waals surface area contributed by atoms with E-state index >= 15 is 0 Å². The molecule has 3 heterocycles. The van der Waals surface area contributed by atoms with E-state index in [-0.39, 0.29) is 17.4 Å². The zero-order valence-electron chi connectivity index (χ0n) is 16.3. The minimum atomic E-state index is -0.242. The Kier molecular flexibility index (Phi) is 4.58. The fourth-order valence-electron chi connectivity index (χ4n) is 3.75. The summed E-state index contributed by atoms with van der Waals surface area (Å²) in [5.74, 6) is 0.320. The molecule has 0 saturated heterocycles. The van der Waals surface area contributed by atoms with Gasteiger partial charge in [-0.1, -0.05) is 38.1 Å². The van der Waals surface area contributed by atoms with Crippen LogP contribution in [0, 0.1) is 6.92 Å². The zero-order valence-corrected chi connectivity index (χ0v) is 16.3. The average molecular weight is 377 g/mol. The van der Waals surface area contributed by atoms with Gasteiger partial charge >= 0.3 is 0 Å². The number of carbonyl (C=O) groups excluding carboxylic acids is 1. The number of benzene rings is 1. The van der Waals surface area contributed by atoms with Crippen molar-refractivity contribution in [2.24, 2.45) is 0 Å². The molecule has 4 rings (SSSR count). The van der Waals surface area contributed by atoms with Gasteiger partial charge in [0.05, 0.1) is 17.5 Å². The Morgan fingerprint density at radius 1 is 1.21 bits per heavy atom. The first kappa shape index (κ1) is 18.2. The third-order valence-electron chi connectivity index (χ3n) is 5.06. The zero-order chi connectivity index (χ0) is 19.8. The molecule has 0 spiro atoms. The lowest BCUT2D eigenvalue weighted by atomic mass is 9.98. The van der Waals surface area contributed by atoms with Crippen LogP contribution in [0.1, 0.15) is 52.6 Å². The Morgan fingerprint density at radius 2 is 1.96 bits per heavy atom. The highest BCUT2D eigenvalue weighted by molar-refractivity contribution is 5.95. The molecule has 1 aliphatic rings. The summed E-state index contributed by atoms with van der Waals surface area (Å²) >= 11 is 0. The largest absolute Gasteiger partial charge is 0.334 e. The molecule has 0 saturated carbocycles. The van der Waals surface area contributed by atoms with Gasteiger partial charge in [0.25, 0.3) is 11.5 Å². The topological polar surface area (TPSA) is 83.9 Å². The first-order valence-corrected chi connectivity index (χ1v) is 9.46. The Bertz CT molecular complexity index is 1100.